The van der Waals surface area contributed by atoms with E-state index in [1.54, 1.807) is 0 Å². The van der Waals surface area contributed by atoms with Gasteiger partial charge in [-0.1, -0.05) is 37.6 Å². The smallest absolute Gasteiger partial charge is 0.100 e. The molecule has 0 spiro atoms. The molecule has 0 amide bonds. The van der Waals surface area contributed by atoms with Crippen molar-refractivity contribution in [3.8, 4) is 12.1 Å². The van der Waals surface area contributed by atoms with Crippen LogP contribution >= 0.6 is 0 Å². The van der Waals surface area contributed by atoms with E-state index in [-0.39, 0.29) is 0 Å². The van der Waals surface area contributed by atoms with Gasteiger partial charge in [0.05, 0.1) is 17.2 Å². The second-order valence-corrected chi connectivity index (χ2v) is 4.33. The van der Waals surface area contributed by atoms with Gasteiger partial charge in [0, 0.05) is 10.8 Å². The number of aryl methyl sites for hydroxylation is 1. The van der Waals surface area contributed by atoms with Gasteiger partial charge in [0.25, 0.3) is 0 Å². The Kier molecular flexibility index (Phi) is 3.60. The Hall–Kier alpha value is -2.32. The highest BCUT2D eigenvalue weighted by Crippen LogP contribution is 2.26. The summed E-state index contributed by atoms with van der Waals surface area (Å²) in [6, 6.07) is 14.0. The lowest BCUT2D eigenvalue weighted by Crippen LogP contribution is -1.95. The number of benzene rings is 2. The van der Waals surface area contributed by atoms with Gasteiger partial charge >= 0.3 is 0 Å². The molecule has 0 saturated carbocycles. The Morgan fingerprint density at radius 1 is 1.06 bits per heavy atom. The fraction of sp³-hybridized carbons (Fsp3) is 0.250. The molecule has 2 aromatic carbocycles. The van der Waals surface area contributed by atoms with Gasteiger partial charge in [-0.25, -0.2) is 0 Å². The van der Waals surface area contributed by atoms with Crippen molar-refractivity contribution in [2.24, 2.45) is 0 Å². The van der Waals surface area contributed by atoms with Crippen LogP contribution in [0.4, 0.5) is 0 Å². The Labute approximate surface area is 107 Å². The van der Waals surface area contributed by atoms with E-state index in [9.17, 15) is 10.5 Å². The van der Waals surface area contributed by atoms with Crippen LogP contribution < -0.4 is 0 Å². The zero-order valence-corrected chi connectivity index (χ0v) is 10.4. The zero-order chi connectivity index (χ0) is 13.0. The molecule has 0 atom stereocenters. The van der Waals surface area contributed by atoms with Crippen molar-refractivity contribution >= 4 is 10.8 Å². The van der Waals surface area contributed by atoms with Crippen LogP contribution in [0.15, 0.2) is 30.3 Å². The number of hydrogen-bond acceptors (Lipinski definition) is 2. The second-order valence-electron chi connectivity index (χ2n) is 4.33. The molecule has 88 valence electrons. The molecule has 0 fully saturated rings. The van der Waals surface area contributed by atoms with E-state index in [2.05, 4.69) is 19.1 Å². The SMILES string of the molecule is CCCCc1cc(C#N)c2ccccc2c1C#N. The van der Waals surface area contributed by atoms with E-state index in [0.717, 1.165) is 41.2 Å². The van der Waals surface area contributed by atoms with Gasteiger partial charge in [-0.3, -0.25) is 0 Å². The molecule has 0 unspecified atom stereocenters. The van der Waals surface area contributed by atoms with Crippen LogP contribution in [0, 0.1) is 22.7 Å². The minimum atomic E-state index is 0.663. The Bertz CT molecular complexity index is 657. The van der Waals surface area contributed by atoms with Gasteiger partial charge in [-0.2, -0.15) is 10.5 Å². The lowest BCUT2D eigenvalue weighted by molar-refractivity contribution is 0.794. The van der Waals surface area contributed by atoms with E-state index >= 15 is 0 Å². The van der Waals surface area contributed by atoms with Gasteiger partial charge in [0.1, 0.15) is 6.07 Å². The minimum absolute atomic E-state index is 0.663. The molecule has 2 heteroatoms. The standard InChI is InChI=1S/C16H14N2/c1-2-3-6-12-9-13(10-17)14-7-4-5-8-15(14)16(12)11-18/h4-5,7-9H,2-3,6H2,1H3. The summed E-state index contributed by atoms with van der Waals surface area (Å²) in [6.07, 6.45) is 2.98. The summed E-state index contributed by atoms with van der Waals surface area (Å²) in [6.45, 7) is 2.12. The van der Waals surface area contributed by atoms with Gasteiger partial charge in [0.2, 0.25) is 0 Å². The summed E-state index contributed by atoms with van der Waals surface area (Å²) in [5, 5.41) is 20.3. The number of nitriles is 2. The average Bonchev–Trinajstić information content (AvgIpc) is 2.43. The van der Waals surface area contributed by atoms with Crippen LogP contribution in [0.3, 0.4) is 0 Å². The lowest BCUT2D eigenvalue weighted by Gasteiger charge is -2.08. The Balaban J connectivity index is 2.73. The van der Waals surface area contributed by atoms with Crippen LogP contribution in [-0.2, 0) is 6.42 Å². The fourth-order valence-corrected chi connectivity index (χ4v) is 2.22. The van der Waals surface area contributed by atoms with Crippen molar-refractivity contribution in [3.05, 3.63) is 47.0 Å². The molecule has 2 nitrogen and oxygen atoms in total. The van der Waals surface area contributed by atoms with Crippen molar-refractivity contribution in [2.45, 2.75) is 26.2 Å². The molecule has 0 aliphatic heterocycles. The van der Waals surface area contributed by atoms with Crippen LogP contribution in [0.25, 0.3) is 10.8 Å². The first-order valence-corrected chi connectivity index (χ1v) is 6.16. The highest BCUT2D eigenvalue weighted by Gasteiger charge is 2.10. The summed E-state index contributed by atoms with van der Waals surface area (Å²) in [5.74, 6) is 0. The zero-order valence-electron chi connectivity index (χ0n) is 10.4. The van der Waals surface area contributed by atoms with Crippen molar-refractivity contribution in [1.82, 2.24) is 0 Å². The molecule has 0 N–H and O–H groups in total. The number of fused-ring (bicyclic) bond motifs is 1. The van der Waals surface area contributed by atoms with E-state index in [1.807, 2.05) is 30.3 Å². The van der Waals surface area contributed by atoms with Crippen molar-refractivity contribution in [2.75, 3.05) is 0 Å². The van der Waals surface area contributed by atoms with Gasteiger partial charge in [0.15, 0.2) is 0 Å². The van der Waals surface area contributed by atoms with E-state index in [1.165, 1.54) is 0 Å². The second kappa shape index (κ2) is 5.34. The van der Waals surface area contributed by atoms with Crippen LogP contribution in [0.5, 0.6) is 0 Å². The number of nitrogens with zero attached hydrogens (tertiary/aromatic N) is 2. The number of rotatable bonds is 3. The molecule has 2 aromatic rings. The predicted molar refractivity (Wildman–Crippen MR) is 72.0 cm³/mol. The molecular formula is C16H14N2. The van der Waals surface area contributed by atoms with Crippen molar-refractivity contribution < 1.29 is 0 Å². The maximum absolute atomic E-state index is 9.35. The summed E-state index contributed by atoms with van der Waals surface area (Å²) in [4.78, 5) is 0. The maximum Gasteiger partial charge on any atom is 0.100 e. The third kappa shape index (κ3) is 2.06. The minimum Gasteiger partial charge on any atom is -0.192 e. The molecule has 2 rings (SSSR count). The van der Waals surface area contributed by atoms with Crippen molar-refractivity contribution in [1.29, 1.82) is 10.5 Å². The average molecular weight is 234 g/mol. The third-order valence-electron chi connectivity index (χ3n) is 3.16. The molecule has 0 heterocycles. The highest BCUT2D eigenvalue weighted by molar-refractivity contribution is 5.93. The monoisotopic (exact) mass is 234 g/mol. The third-order valence-corrected chi connectivity index (χ3v) is 3.16. The molecule has 0 aromatic heterocycles. The first-order valence-electron chi connectivity index (χ1n) is 6.16. The van der Waals surface area contributed by atoms with Gasteiger partial charge in [-0.05, 0) is 24.5 Å². The van der Waals surface area contributed by atoms with E-state index < -0.39 is 0 Å². The first kappa shape index (κ1) is 12.1. The molecule has 0 aliphatic rings. The van der Waals surface area contributed by atoms with Crippen LogP contribution in [0.2, 0.25) is 0 Å². The summed E-state index contributed by atoms with van der Waals surface area (Å²) in [7, 11) is 0. The van der Waals surface area contributed by atoms with E-state index in [0.29, 0.717) is 5.56 Å². The van der Waals surface area contributed by atoms with E-state index in [4.69, 9.17) is 0 Å². The quantitative estimate of drug-likeness (QED) is 0.807. The largest absolute Gasteiger partial charge is 0.192 e. The molecule has 18 heavy (non-hydrogen) atoms. The van der Waals surface area contributed by atoms with Crippen LogP contribution in [0.1, 0.15) is 36.5 Å². The Morgan fingerprint density at radius 3 is 2.39 bits per heavy atom. The first-order chi connectivity index (χ1) is 8.81. The fourth-order valence-electron chi connectivity index (χ4n) is 2.22. The number of hydrogen-bond donors (Lipinski definition) is 0. The summed E-state index contributed by atoms with van der Waals surface area (Å²) < 4.78 is 0. The predicted octanol–water partition coefficient (Wildman–Crippen LogP) is 3.93. The molecule has 0 aliphatic carbocycles. The van der Waals surface area contributed by atoms with Gasteiger partial charge < -0.3 is 0 Å². The Morgan fingerprint density at radius 2 is 1.78 bits per heavy atom. The molecular weight excluding hydrogens is 220 g/mol. The summed E-state index contributed by atoms with van der Waals surface area (Å²) >= 11 is 0. The normalized spacial score (nSPS) is 9.94. The van der Waals surface area contributed by atoms with Gasteiger partial charge in [-0.15, -0.1) is 0 Å². The molecule has 0 radical (unpaired) electrons. The molecule has 0 bridgehead atoms. The number of unbranched alkanes of at least 4 members (excludes halogenated alkanes) is 1. The maximum atomic E-state index is 9.35. The van der Waals surface area contributed by atoms with Crippen LogP contribution in [-0.4, -0.2) is 0 Å². The van der Waals surface area contributed by atoms with Crippen molar-refractivity contribution in [3.63, 3.8) is 0 Å². The molecule has 0 saturated heterocycles. The highest BCUT2D eigenvalue weighted by atomic mass is 14.3. The summed E-state index contributed by atoms with van der Waals surface area (Å²) in [5.41, 5.74) is 2.38. The lowest BCUT2D eigenvalue weighted by atomic mass is 9.93. The topological polar surface area (TPSA) is 47.6 Å².